The number of hydrogen-bond donors (Lipinski definition) is 0. The Balaban J connectivity index is 1.51. The van der Waals surface area contributed by atoms with Crippen molar-refractivity contribution in [2.45, 2.75) is 22.6 Å². The first kappa shape index (κ1) is 14.9. The van der Waals surface area contributed by atoms with Gasteiger partial charge in [-0.05, 0) is 30.2 Å². The molecule has 0 N–H and O–H groups in total. The van der Waals surface area contributed by atoms with Crippen LogP contribution >= 0.6 is 11.8 Å². The first-order valence-corrected chi connectivity index (χ1v) is 10.0. The lowest BCUT2D eigenvalue weighted by atomic mass is 9.77. The van der Waals surface area contributed by atoms with Crippen LogP contribution < -0.4 is 4.90 Å². The van der Waals surface area contributed by atoms with E-state index in [1.54, 1.807) is 0 Å². The molecule has 124 valence electrons. The quantitative estimate of drug-likeness (QED) is 0.726. The van der Waals surface area contributed by atoms with Gasteiger partial charge in [-0.25, -0.2) is 0 Å². The summed E-state index contributed by atoms with van der Waals surface area (Å²) < 4.78 is 1.30. The largest absolute Gasteiger partial charge is 0.339 e. The maximum absolute atomic E-state index is 2.61. The van der Waals surface area contributed by atoms with Crippen molar-refractivity contribution in [2.75, 3.05) is 38.1 Å². The Labute approximate surface area is 149 Å². The lowest BCUT2D eigenvalue weighted by Gasteiger charge is -2.52. The van der Waals surface area contributed by atoms with E-state index in [-0.39, 0.29) is 0 Å². The fourth-order valence-electron chi connectivity index (χ4n) is 5.00. The van der Waals surface area contributed by atoms with E-state index in [2.05, 4.69) is 60.5 Å². The lowest BCUT2D eigenvalue weighted by molar-refractivity contribution is -0.928. The Bertz CT molecular complexity index is 718. The zero-order valence-electron chi connectivity index (χ0n) is 14.3. The Morgan fingerprint density at radius 2 is 1.54 bits per heavy atom. The highest BCUT2D eigenvalue weighted by Gasteiger charge is 2.44. The van der Waals surface area contributed by atoms with Gasteiger partial charge in [0, 0.05) is 35.1 Å². The van der Waals surface area contributed by atoms with Crippen LogP contribution in [0, 0.1) is 11.8 Å². The standard InChI is InChI=1S/C21H25N2S/c1-23-12-10-16(11-13-23)17(15-23)14-22-18-6-2-4-8-20(18)24-21-9-5-3-7-19(21)22/h2-9,16-17H,10-15H2,1H3/q+1. The highest BCUT2D eigenvalue weighted by Crippen LogP contribution is 2.49. The Morgan fingerprint density at radius 1 is 0.958 bits per heavy atom. The van der Waals surface area contributed by atoms with Crippen molar-refractivity contribution >= 4 is 23.1 Å². The summed E-state index contributed by atoms with van der Waals surface area (Å²) in [7, 11) is 2.47. The molecule has 0 saturated carbocycles. The van der Waals surface area contributed by atoms with Gasteiger partial charge in [0.1, 0.15) is 0 Å². The van der Waals surface area contributed by atoms with Gasteiger partial charge in [0.15, 0.2) is 0 Å². The molecule has 2 aromatic carbocycles. The fourth-order valence-corrected chi connectivity index (χ4v) is 6.10. The SMILES string of the molecule is C[N+]12CCC(CC1)C(CN1c3ccccc3Sc3ccccc31)C2. The minimum atomic E-state index is 0.821. The van der Waals surface area contributed by atoms with E-state index in [1.165, 1.54) is 64.7 Å². The summed E-state index contributed by atoms with van der Waals surface area (Å²) in [6, 6.07) is 17.8. The second-order valence-electron chi connectivity index (χ2n) is 7.99. The van der Waals surface area contributed by atoms with Gasteiger partial charge in [-0.15, -0.1) is 0 Å². The third-order valence-electron chi connectivity index (χ3n) is 6.37. The summed E-state index contributed by atoms with van der Waals surface area (Å²) in [5.74, 6) is 1.75. The van der Waals surface area contributed by atoms with Crippen molar-refractivity contribution in [1.29, 1.82) is 0 Å². The van der Waals surface area contributed by atoms with Crippen LogP contribution in [-0.4, -0.2) is 37.7 Å². The van der Waals surface area contributed by atoms with Crippen LogP contribution in [0.1, 0.15) is 12.8 Å². The predicted molar refractivity (Wildman–Crippen MR) is 101 cm³/mol. The normalized spacial score (nSPS) is 30.8. The monoisotopic (exact) mass is 337 g/mol. The lowest BCUT2D eigenvalue weighted by Crippen LogP contribution is -2.60. The molecule has 4 heterocycles. The summed E-state index contributed by atoms with van der Waals surface area (Å²) in [6.45, 7) is 5.32. The molecule has 0 radical (unpaired) electrons. The van der Waals surface area contributed by atoms with Crippen molar-refractivity contribution in [3.05, 3.63) is 48.5 Å². The van der Waals surface area contributed by atoms with Crippen molar-refractivity contribution in [3.63, 3.8) is 0 Å². The van der Waals surface area contributed by atoms with Gasteiger partial charge < -0.3 is 9.38 Å². The van der Waals surface area contributed by atoms with Gasteiger partial charge in [-0.2, -0.15) is 0 Å². The maximum atomic E-state index is 2.61. The summed E-state index contributed by atoms with van der Waals surface area (Å²) >= 11 is 1.92. The molecule has 2 bridgehead atoms. The molecular weight excluding hydrogens is 312 g/mol. The topological polar surface area (TPSA) is 3.24 Å². The molecule has 4 aliphatic heterocycles. The first-order chi connectivity index (χ1) is 11.7. The van der Waals surface area contributed by atoms with Crippen molar-refractivity contribution in [1.82, 2.24) is 0 Å². The highest BCUT2D eigenvalue weighted by molar-refractivity contribution is 7.99. The number of benzene rings is 2. The second-order valence-corrected chi connectivity index (χ2v) is 9.08. The molecule has 0 spiro atoms. The third-order valence-corrected chi connectivity index (χ3v) is 7.50. The number of piperidine rings is 3. The molecule has 2 nitrogen and oxygen atoms in total. The average Bonchev–Trinajstić information content (AvgIpc) is 2.62. The average molecular weight is 338 g/mol. The maximum Gasteiger partial charge on any atom is 0.0833 e. The number of anilines is 2. The number of hydrogen-bond acceptors (Lipinski definition) is 2. The number of nitrogens with zero attached hydrogens (tertiary/aromatic N) is 2. The second kappa shape index (κ2) is 5.53. The fraction of sp³-hybridized carbons (Fsp3) is 0.429. The molecule has 4 aliphatic rings. The van der Waals surface area contributed by atoms with Crippen LogP contribution in [0.15, 0.2) is 58.3 Å². The first-order valence-electron chi connectivity index (χ1n) is 9.19. The van der Waals surface area contributed by atoms with Crippen LogP contribution in [0.25, 0.3) is 0 Å². The van der Waals surface area contributed by atoms with Gasteiger partial charge in [0.05, 0.1) is 38.1 Å². The zero-order chi connectivity index (χ0) is 16.1. The van der Waals surface area contributed by atoms with E-state index >= 15 is 0 Å². The molecule has 0 amide bonds. The zero-order valence-corrected chi connectivity index (χ0v) is 15.1. The molecule has 0 aliphatic carbocycles. The van der Waals surface area contributed by atoms with Crippen LogP contribution in [0.2, 0.25) is 0 Å². The Kier molecular flexibility index (Phi) is 3.43. The number of fused-ring (bicyclic) bond motifs is 5. The predicted octanol–water partition coefficient (Wildman–Crippen LogP) is 4.78. The van der Waals surface area contributed by atoms with E-state index in [9.17, 15) is 0 Å². The molecule has 6 rings (SSSR count). The molecular formula is C21H25N2S+. The summed E-state index contributed by atoms with van der Waals surface area (Å²) in [6.07, 6.45) is 2.85. The van der Waals surface area contributed by atoms with Crippen molar-refractivity contribution in [2.24, 2.45) is 11.8 Å². The van der Waals surface area contributed by atoms with E-state index in [0.29, 0.717) is 0 Å². The molecule has 1 unspecified atom stereocenters. The highest BCUT2D eigenvalue weighted by atomic mass is 32.2. The van der Waals surface area contributed by atoms with E-state index in [4.69, 9.17) is 0 Å². The number of rotatable bonds is 2. The van der Waals surface area contributed by atoms with Crippen molar-refractivity contribution in [3.8, 4) is 0 Å². The minimum Gasteiger partial charge on any atom is -0.339 e. The summed E-state index contributed by atoms with van der Waals surface area (Å²) in [5, 5.41) is 0. The van der Waals surface area contributed by atoms with Crippen molar-refractivity contribution < 1.29 is 4.48 Å². The van der Waals surface area contributed by atoms with E-state index in [1.807, 2.05) is 11.8 Å². The van der Waals surface area contributed by atoms with Gasteiger partial charge in [-0.3, -0.25) is 0 Å². The third kappa shape index (κ3) is 2.37. The molecule has 24 heavy (non-hydrogen) atoms. The summed E-state index contributed by atoms with van der Waals surface area (Å²) in [5.41, 5.74) is 2.81. The molecule has 1 atom stereocenters. The van der Waals surface area contributed by atoms with Crippen LogP contribution in [0.5, 0.6) is 0 Å². The Hall–Kier alpha value is -1.45. The van der Waals surface area contributed by atoms with Gasteiger partial charge in [0.25, 0.3) is 0 Å². The molecule has 3 saturated heterocycles. The molecule has 3 heteroatoms. The van der Waals surface area contributed by atoms with Gasteiger partial charge in [-0.1, -0.05) is 36.0 Å². The number of quaternary nitrogens is 1. The van der Waals surface area contributed by atoms with Crippen LogP contribution in [-0.2, 0) is 0 Å². The summed E-state index contributed by atoms with van der Waals surface area (Å²) in [4.78, 5) is 5.41. The minimum absolute atomic E-state index is 0.821. The smallest absolute Gasteiger partial charge is 0.0833 e. The van der Waals surface area contributed by atoms with Crippen LogP contribution in [0.4, 0.5) is 11.4 Å². The van der Waals surface area contributed by atoms with Crippen LogP contribution in [0.3, 0.4) is 0 Å². The molecule has 3 fully saturated rings. The molecule has 2 aromatic rings. The number of para-hydroxylation sites is 2. The van der Waals surface area contributed by atoms with E-state index in [0.717, 1.165) is 11.8 Å². The molecule has 0 aromatic heterocycles. The van der Waals surface area contributed by atoms with Gasteiger partial charge >= 0.3 is 0 Å². The van der Waals surface area contributed by atoms with E-state index < -0.39 is 0 Å². The van der Waals surface area contributed by atoms with Gasteiger partial charge in [0.2, 0.25) is 0 Å². The Morgan fingerprint density at radius 3 is 2.12 bits per heavy atom.